The largest absolute Gasteiger partial charge is 1.00 e. The minimum Gasteiger partial charge on any atom is -0.650 e. The summed E-state index contributed by atoms with van der Waals surface area (Å²) in [7, 11) is 0. The monoisotopic (exact) mass is 251 g/mol. The first kappa shape index (κ1) is 12.3. The van der Waals surface area contributed by atoms with E-state index in [1.807, 2.05) is 0 Å². The van der Waals surface area contributed by atoms with E-state index in [2.05, 4.69) is 19.2 Å². The molecule has 2 rings (SSSR count). The molecule has 68 valence electrons. The van der Waals surface area contributed by atoms with Crippen LogP contribution in [0.5, 0.6) is 0 Å². The second-order valence-electron chi connectivity index (χ2n) is 4.41. The van der Waals surface area contributed by atoms with Crippen molar-refractivity contribution in [2.75, 3.05) is 0 Å². The van der Waals surface area contributed by atoms with Crippen LogP contribution < -0.4 is 58.2 Å². The minimum absolute atomic E-state index is 0. The summed E-state index contributed by atoms with van der Waals surface area (Å²) in [5, 5.41) is 4.24. The molecular weight excluding hydrogens is 236 g/mol. The zero-order valence-electron chi connectivity index (χ0n) is 8.79. The Labute approximate surface area is 129 Å². The molecule has 3 heteroatoms. The van der Waals surface area contributed by atoms with E-state index < -0.39 is 0 Å². The molecule has 4 unspecified atom stereocenters. The third-order valence-electron chi connectivity index (χ3n) is 3.48. The van der Waals surface area contributed by atoms with Gasteiger partial charge in [-0.3, -0.25) is 0 Å². The van der Waals surface area contributed by atoms with Crippen LogP contribution in [0.15, 0.2) is 0 Å². The molecule has 2 fully saturated rings. The van der Waals surface area contributed by atoms with Crippen molar-refractivity contribution < 1.29 is 63.0 Å². The molecule has 0 bridgehead atoms. The zero-order valence-corrected chi connectivity index (χ0v) is 13.7. The number of fused-ring (bicyclic) bond motifs is 1. The summed E-state index contributed by atoms with van der Waals surface area (Å²) >= 11 is 0. The predicted molar refractivity (Wildman–Crippen MR) is 47.8 cm³/mol. The third-order valence-corrected chi connectivity index (χ3v) is 3.48. The van der Waals surface area contributed by atoms with Gasteiger partial charge in [0.05, 0.1) is 5.91 Å². The Kier molecular flexibility index (Phi) is 4.62. The fourth-order valence-electron chi connectivity index (χ4n) is 2.86. The molecule has 0 aromatic carbocycles. The number of nitrogens with zero attached hydrogens (tertiary/aromatic N) is 1. The Morgan fingerprint density at radius 3 is 2.69 bits per heavy atom. The van der Waals surface area contributed by atoms with E-state index in [4.69, 9.17) is 0 Å². The van der Waals surface area contributed by atoms with Gasteiger partial charge in [-0.25, -0.2) is 0 Å². The number of carbonyl (C=O) groups is 1. The van der Waals surface area contributed by atoms with Crippen molar-refractivity contribution in [2.24, 2.45) is 17.8 Å². The molecule has 1 saturated carbocycles. The van der Waals surface area contributed by atoms with Gasteiger partial charge in [-0.2, -0.15) is 0 Å². The first-order valence-electron chi connectivity index (χ1n) is 4.92. The van der Waals surface area contributed by atoms with Gasteiger partial charge in [-0.15, -0.1) is 6.04 Å². The van der Waals surface area contributed by atoms with Gasteiger partial charge in [0.15, 0.2) is 0 Å². The SMILES string of the molecule is CC1CC(C)C2[N-]C(=O)CCC12.[Rb+]. The fourth-order valence-corrected chi connectivity index (χ4v) is 2.86. The van der Waals surface area contributed by atoms with Crippen LogP contribution in [0, 0.1) is 17.8 Å². The maximum Gasteiger partial charge on any atom is 1.00 e. The summed E-state index contributed by atoms with van der Waals surface area (Å²) in [6, 6.07) is 0.362. The van der Waals surface area contributed by atoms with E-state index in [0.717, 1.165) is 12.3 Å². The van der Waals surface area contributed by atoms with Gasteiger partial charge < -0.3 is 10.1 Å². The molecule has 13 heavy (non-hydrogen) atoms. The maximum atomic E-state index is 11.1. The molecule has 2 nitrogen and oxygen atoms in total. The zero-order chi connectivity index (χ0) is 8.72. The van der Waals surface area contributed by atoms with Gasteiger partial charge in [-0.05, 0) is 25.2 Å². The number of amides is 1. The van der Waals surface area contributed by atoms with Crippen molar-refractivity contribution in [1.82, 2.24) is 0 Å². The summed E-state index contributed by atoms with van der Waals surface area (Å²) in [6.07, 6.45) is 3.03. The first-order valence-corrected chi connectivity index (χ1v) is 4.92. The number of hydrogen-bond donors (Lipinski definition) is 0. The molecular formula is C10H16NORb. The van der Waals surface area contributed by atoms with Crippen molar-refractivity contribution in [3.63, 3.8) is 0 Å². The van der Waals surface area contributed by atoms with E-state index in [1.54, 1.807) is 0 Å². The van der Waals surface area contributed by atoms with E-state index in [1.165, 1.54) is 6.42 Å². The van der Waals surface area contributed by atoms with Crippen LogP contribution in [0.25, 0.3) is 5.32 Å². The molecule has 1 aliphatic carbocycles. The first-order chi connectivity index (χ1) is 5.68. The Bertz CT molecular complexity index is 207. The van der Waals surface area contributed by atoms with E-state index in [0.29, 0.717) is 24.3 Å². The molecule has 1 saturated heterocycles. The second kappa shape index (κ2) is 4.87. The van der Waals surface area contributed by atoms with Crippen LogP contribution in [0.1, 0.15) is 33.1 Å². The molecule has 1 amide bonds. The summed E-state index contributed by atoms with van der Waals surface area (Å²) in [5.74, 6) is 2.26. The molecule has 0 aromatic rings. The number of carbonyl (C=O) groups excluding carboxylic acids is 1. The van der Waals surface area contributed by atoms with Crippen molar-refractivity contribution in [3.05, 3.63) is 5.32 Å². The molecule has 0 N–H and O–H groups in total. The Hall–Kier alpha value is 1.28. The molecule has 4 atom stereocenters. The maximum absolute atomic E-state index is 11.1. The van der Waals surface area contributed by atoms with Crippen LogP contribution in [0.2, 0.25) is 0 Å². The van der Waals surface area contributed by atoms with E-state index >= 15 is 0 Å². The summed E-state index contributed by atoms with van der Waals surface area (Å²) in [5.41, 5.74) is 0. The number of hydrogen-bond acceptors (Lipinski definition) is 1. The van der Waals surface area contributed by atoms with Crippen molar-refractivity contribution in [3.8, 4) is 0 Å². The third kappa shape index (κ3) is 2.44. The molecule has 0 radical (unpaired) electrons. The van der Waals surface area contributed by atoms with Crippen molar-refractivity contribution in [1.29, 1.82) is 0 Å². The summed E-state index contributed by atoms with van der Waals surface area (Å²) in [6.45, 7) is 4.52. The molecule has 1 heterocycles. The van der Waals surface area contributed by atoms with Gasteiger partial charge in [0.2, 0.25) is 0 Å². The minimum atomic E-state index is 0. The molecule has 2 aliphatic rings. The van der Waals surface area contributed by atoms with E-state index in [9.17, 15) is 4.79 Å². The Morgan fingerprint density at radius 2 is 2.00 bits per heavy atom. The van der Waals surface area contributed by atoms with Crippen molar-refractivity contribution >= 4 is 5.91 Å². The smallest absolute Gasteiger partial charge is 0.650 e. The fraction of sp³-hybridized carbons (Fsp3) is 0.900. The average molecular weight is 252 g/mol. The second-order valence-corrected chi connectivity index (χ2v) is 4.41. The van der Waals surface area contributed by atoms with Crippen LogP contribution in [-0.4, -0.2) is 11.9 Å². The molecule has 1 aliphatic heterocycles. The van der Waals surface area contributed by atoms with Crippen LogP contribution >= 0.6 is 0 Å². The normalized spacial score (nSPS) is 43.4. The van der Waals surface area contributed by atoms with Gasteiger partial charge in [-0.1, -0.05) is 25.7 Å². The summed E-state index contributed by atoms with van der Waals surface area (Å²) in [4.78, 5) is 11.1. The van der Waals surface area contributed by atoms with Gasteiger partial charge >= 0.3 is 58.2 Å². The summed E-state index contributed by atoms with van der Waals surface area (Å²) < 4.78 is 0. The molecule has 0 aromatic heterocycles. The quantitative estimate of drug-likeness (QED) is 0.563. The number of piperidine rings is 1. The Morgan fingerprint density at radius 1 is 1.31 bits per heavy atom. The average Bonchev–Trinajstić information content (AvgIpc) is 2.28. The molecule has 0 spiro atoms. The van der Waals surface area contributed by atoms with Gasteiger partial charge in [0.25, 0.3) is 0 Å². The van der Waals surface area contributed by atoms with Crippen LogP contribution in [0.4, 0.5) is 0 Å². The number of rotatable bonds is 0. The Balaban J connectivity index is 0.000000845. The van der Waals surface area contributed by atoms with Gasteiger partial charge in [0, 0.05) is 0 Å². The van der Waals surface area contributed by atoms with Crippen LogP contribution in [-0.2, 0) is 4.79 Å². The van der Waals surface area contributed by atoms with Gasteiger partial charge in [0.1, 0.15) is 0 Å². The van der Waals surface area contributed by atoms with Crippen LogP contribution in [0.3, 0.4) is 0 Å². The van der Waals surface area contributed by atoms with Crippen molar-refractivity contribution in [2.45, 2.75) is 39.2 Å². The van der Waals surface area contributed by atoms with E-state index in [-0.39, 0.29) is 64.1 Å². The standard InChI is InChI=1S/C10H17NO.Rb/c1-6-5-7(2)10-8(6)3-4-9(12)11-10;/h6-8,10H,3-5H2,1-2H3,(H,11,12);/q;+1/p-1. The predicted octanol–water partition coefficient (Wildman–Crippen LogP) is -0.655. The topological polar surface area (TPSA) is 31.2 Å².